The summed E-state index contributed by atoms with van der Waals surface area (Å²) in [5.74, 6) is -0.323. The van der Waals surface area contributed by atoms with E-state index in [1.165, 1.54) is 77.0 Å². The van der Waals surface area contributed by atoms with Crippen molar-refractivity contribution in [3.05, 3.63) is 24.3 Å². The first-order chi connectivity index (χ1) is 22.9. The molecule has 0 bridgehead atoms. The number of unbranched alkanes of at least 4 members (excludes halogenated alkanes) is 16. The van der Waals surface area contributed by atoms with Gasteiger partial charge in [-0.15, -0.1) is 0 Å². The van der Waals surface area contributed by atoms with Crippen LogP contribution in [0, 0.1) is 0 Å². The van der Waals surface area contributed by atoms with Crippen LogP contribution in [0.15, 0.2) is 24.3 Å². The summed E-state index contributed by atoms with van der Waals surface area (Å²) in [5, 5.41) is 39.8. The molecule has 47 heavy (non-hydrogen) atoms. The van der Waals surface area contributed by atoms with Gasteiger partial charge in [0.2, 0.25) is 0 Å². The van der Waals surface area contributed by atoms with Gasteiger partial charge in [-0.25, -0.2) is 0 Å². The van der Waals surface area contributed by atoms with Crippen molar-refractivity contribution in [2.75, 3.05) is 26.4 Å². The molecule has 9 heteroatoms. The molecule has 0 radical (unpaired) electrons. The lowest BCUT2D eigenvalue weighted by Crippen LogP contribution is -2.59. The van der Waals surface area contributed by atoms with E-state index in [2.05, 4.69) is 38.2 Å². The van der Waals surface area contributed by atoms with Gasteiger partial charge in [-0.3, -0.25) is 4.79 Å². The molecular formula is C38H70O9. The summed E-state index contributed by atoms with van der Waals surface area (Å²) in [6.45, 7) is 4.46. The SMILES string of the molecule is CCCCC/C=C\C/C=C\CCCCCCCCOCC(COC1OC(CO)C(O)C(O)C1O)OC(=O)CCCCCCCCCC. The Kier molecular flexibility index (Phi) is 28.5. The Bertz CT molecular complexity index is 772. The van der Waals surface area contributed by atoms with Crippen molar-refractivity contribution in [1.29, 1.82) is 0 Å². The lowest BCUT2D eigenvalue weighted by Gasteiger charge is -2.39. The highest BCUT2D eigenvalue weighted by Crippen LogP contribution is 2.22. The fraction of sp³-hybridized carbons (Fsp3) is 0.868. The van der Waals surface area contributed by atoms with E-state index in [0.29, 0.717) is 13.0 Å². The van der Waals surface area contributed by atoms with Gasteiger partial charge in [-0.2, -0.15) is 0 Å². The van der Waals surface area contributed by atoms with Gasteiger partial charge >= 0.3 is 5.97 Å². The fourth-order valence-corrected chi connectivity index (χ4v) is 5.58. The first kappa shape index (κ1) is 43.7. The third kappa shape index (κ3) is 22.8. The average Bonchev–Trinajstić information content (AvgIpc) is 3.07. The van der Waals surface area contributed by atoms with Gasteiger partial charge in [0.15, 0.2) is 6.29 Å². The number of rotatable bonds is 31. The minimum absolute atomic E-state index is 0.116. The molecule has 1 fully saturated rings. The maximum Gasteiger partial charge on any atom is 0.306 e. The van der Waals surface area contributed by atoms with E-state index in [-0.39, 0.29) is 19.2 Å². The van der Waals surface area contributed by atoms with Gasteiger partial charge in [0.1, 0.15) is 30.5 Å². The van der Waals surface area contributed by atoms with E-state index in [1.54, 1.807) is 0 Å². The highest BCUT2D eigenvalue weighted by atomic mass is 16.7. The molecule has 4 N–H and O–H groups in total. The zero-order chi connectivity index (χ0) is 34.4. The molecule has 0 aromatic rings. The lowest BCUT2D eigenvalue weighted by molar-refractivity contribution is -0.305. The molecule has 6 unspecified atom stereocenters. The summed E-state index contributed by atoms with van der Waals surface area (Å²) in [6, 6.07) is 0. The summed E-state index contributed by atoms with van der Waals surface area (Å²) >= 11 is 0. The molecular weight excluding hydrogens is 600 g/mol. The Morgan fingerprint density at radius 3 is 1.87 bits per heavy atom. The number of ether oxygens (including phenoxy) is 4. The largest absolute Gasteiger partial charge is 0.457 e. The number of esters is 1. The minimum Gasteiger partial charge on any atom is -0.457 e. The average molecular weight is 671 g/mol. The molecule has 0 amide bonds. The van der Waals surface area contributed by atoms with Crippen LogP contribution in [0.4, 0.5) is 0 Å². The number of aliphatic hydroxyl groups is 4. The van der Waals surface area contributed by atoms with Crippen molar-refractivity contribution >= 4 is 5.97 Å². The Labute approximate surface area is 286 Å². The van der Waals surface area contributed by atoms with E-state index < -0.39 is 43.4 Å². The van der Waals surface area contributed by atoms with E-state index in [4.69, 9.17) is 18.9 Å². The first-order valence-corrected chi connectivity index (χ1v) is 18.9. The molecule has 0 aromatic heterocycles. The maximum absolute atomic E-state index is 12.6. The lowest BCUT2D eigenvalue weighted by atomic mass is 9.99. The Hall–Kier alpha value is -1.33. The van der Waals surface area contributed by atoms with E-state index in [0.717, 1.165) is 51.4 Å². The van der Waals surface area contributed by atoms with E-state index >= 15 is 0 Å². The zero-order valence-corrected chi connectivity index (χ0v) is 29.8. The molecule has 1 heterocycles. The van der Waals surface area contributed by atoms with Gasteiger partial charge in [0, 0.05) is 13.0 Å². The van der Waals surface area contributed by atoms with Crippen LogP contribution in [0.25, 0.3) is 0 Å². The van der Waals surface area contributed by atoms with Gasteiger partial charge < -0.3 is 39.4 Å². The van der Waals surface area contributed by atoms with Crippen molar-refractivity contribution in [2.24, 2.45) is 0 Å². The molecule has 0 aliphatic carbocycles. The Morgan fingerprint density at radius 2 is 1.23 bits per heavy atom. The molecule has 0 saturated carbocycles. The summed E-state index contributed by atoms with van der Waals surface area (Å²) < 4.78 is 22.6. The van der Waals surface area contributed by atoms with Crippen molar-refractivity contribution in [1.82, 2.24) is 0 Å². The Balaban J connectivity index is 2.31. The molecule has 0 aromatic carbocycles. The van der Waals surface area contributed by atoms with Gasteiger partial charge in [-0.1, -0.05) is 122 Å². The maximum atomic E-state index is 12.6. The summed E-state index contributed by atoms with van der Waals surface area (Å²) in [7, 11) is 0. The normalized spacial score (nSPS) is 22.4. The third-order valence-electron chi connectivity index (χ3n) is 8.62. The predicted octanol–water partition coefficient (Wildman–Crippen LogP) is 7.08. The highest BCUT2D eigenvalue weighted by Gasteiger charge is 2.44. The summed E-state index contributed by atoms with van der Waals surface area (Å²) in [4.78, 5) is 12.6. The molecule has 9 nitrogen and oxygen atoms in total. The zero-order valence-electron chi connectivity index (χ0n) is 29.8. The van der Waals surface area contributed by atoms with E-state index in [9.17, 15) is 25.2 Å². The second-order valence-electron chi connectivity index (χ2n) is 13.0. The molecule has 6 atom stereocenters. The number of hydrogen-bond donors (Lipinski definition) is 4. The van der Waals surface area contributed by atoms with Crippen molar-refractivity contribution in [2.45, 2.75) is 185 Å². The van der Waals surface area contributed by atoms with Crippen LogP contribution in [-0.4, -0.2) is 89.6 Å². The highest BCUT2D eigenvalue weighted by molar-refractivity contribution is 5.69. The topological polar surface area (TPSA) is 135 Å². The van der Waals surface area contributed by atoms with Gasteiger partial charge in [0.25, 0.3) is 0 Å². The molecule has 1 saturated heterocycles. The summed E-state index contributed by atoms with van der Waals surface area (Å²) in [6.07, 6.45) is 25.0. The standard InChI is InChI=1S/C38H70O9/c1-3-5-7-9-11-13-14-15-16-17-18-19-20-22-24-26-28-44-30-32(46-34(40)27-25-23-21-12-10-8-6-4-2)31-45-38-37(43)36(42)35(41)33(29-39)47-38/h11,13,15-16,32-33,35-39,41-43H,3-10,12,14,17-31H2,1-2H3/b13-11-,16-15-. The monoisotopic (exact) mass is 671 g/mol. The molecule has 1 rings (SSSR count). The minimum atomic E-state index is -1.53. The van der Waals surface area contributed by atoms with Gasteiger partial charge in [-0.05, 0) is 44.9 Å². The second kappa shape index (κ2) is 30.7. The number of allylic oxidation sites excluding steroid dienone is 4. The Morgan fingerprint density at radius 1 is 0.681 bits per heavy atom. The smallest absolute Gasteiger partial charge is 0.306 e. The third-order valence-corrected chi connectivity index (χ3v) is 8.62. The number of hydrogen-bond acceptors (Lipinski definition) is 9. The molecule has 1 aliphatic rings. The van der Waals surface area contributed by atoms with Crippen molar-refractivity contribution < 1.29 is 44.2 Å². The quantitative estimate of drug-likeness (QED) is 0.0347. The fourth-order valence-electron chi connectivity index (χ4n) is 5.58. The van der Waals surface area contributed by atoms with Crippen LogP contribution >= 0.6 is 0 Å². The molecule has 0 spiro atoms. The van der Waals surface area contributed by atoms with E-state index in [1.807, 2.05) is 0 Å². The van der Waals surface area contributed by atoms with Crippen molar-refractivity contribution in [3.63, 3.8) is 0 Å². The van der Waals surface area contributed by atoms with Crippen LogP contribution in [0.2, 0.25) is 0 Å². The van der Waals surface area contributed by atoms with Crippen LogP contribution < -0.4 is 0 Å². The van der Waals surface area contributed by atoms with Gasteiger partial charge in [0.05, 0.1) is 19.8 Å². The van der Waals surface area contributed by atoms with Crippen molar-refractivity contribution in [3.8, 4) is 0 Å². The predicted molar refractivity (Wildman–Crippen MR) is 187 cm³/mol. The van der Waals surface area contributed by atoms with Crippen LogP contribution in [0.1, 0.15) is 149 Å². The number of carbonyl (C=O) groups is 1. The summed E-state index contributed by atoms with van der Waals surface area (Å²) in [5.41, 5.74) is 0. The molecule has 276 valence electrons. The number of carbonyl (C=O) groups excluding carboxylic acids is 1. The second-order valence-corrected chi connectivity index (χ2v) is 13.0. The van der Waals surface area contributed by atoms with Crippen LogP contribution in [0.3, 0.4) is 0 Å². The van der Waals surface area contributed by atoms with Crippen LogP contribution in [0.5, 0.6) is 0 Å². The first-order valence-electron chi connectivity index (χ1n) is 18.9. The number of aliphatic hydroxyl groups excluding tert-OH is 4. The van der Waals surface area contributed by atoms with Crippen LogP contribution in [-0.2, 0) is 23.7 Å². The molecule has 1 aliphatic heterocycles.